The third-order valence-electron chi connectivity index (χ3n) is 2.30. The number of hydrogen-bond acceptors (Lipinski definition) is 3. The molecule has 0 radical (unpaired) electrons. The van der Waals surface area contributed by atoms with Gasteiger partial charge in [0, 0.05) is 5.56 Å². The molecule has 0 aliphatic rings. The number of carboxylic acid groups (broad SMARTS) is 1. The van der Waals surface area contributed by atoms with E-state index in [9.17, 15) is 4.79 Å². The van der Waals surface area contributed by atoms with Gasteiger partial charge in [0.1, 0.15) is 5.75 Å². The van der Waals surface area contributed by atoms with Crippen LogP contribution in [-0.2, 0) is 17.6 Å². The van der Waals surface area contributed by atoms with Crippen molar-refractivity contribution in [1.29, 1.82) is 5.26 Å². The quantitative estimate of drug-likeness (QED) is 0.837. The molecule has 1 aromatic rings. The smallest absolute Gasteiger partial charge is 0.307 e. The molecule has 0 aromatic heterocycles. The number of aliphatic carboxylic acids is 1. The number of nitriles is 1. The maximum atomic E-state index is 10.7. The Labute approximate surface area is 94.1 Å². The molecule has 0 aliphatic heterocycles. The van der Waals surface area contributed by atoms with Gasteiger partial charge in [-0.1, -0.05) is 6.92 Å². The molecule has 0 amide bonds. The maximum absolute atomic E-state index is 10.7. The number of rotatable bonds is 4. The van der Waals surface area contributed by atoms with Crippen molar-refractivity contribution in [2.45, 2.75) is 19.8 Å². The Kier molecular flexibility index (Phi) is 3.90. The van der Waals surface area contributed by atoms with Crippen molar-refractivity contribution in [2.75, 3.05) is 7.11 Å². The fraction of sp³-hybridized carbons (Fsp3) is 0.333. The molecule has 1 aromatic carbocycles. The maximum Gasteiger partial charge on any atom is 0.307 e. The number of aryl methyl sites for hydroxylation is 1. The lowest BCUT2D eigenvalue weighted by atomic mass is 10.0. The van der Waals surface area contributed by atoms with E-state index in [2.05, 4.69) is 0 Å². The van der Waals surface area contributed by atoms with Crippen LogP contribution in [0.25, 0.3) is 0 Å². The summed E-state index contributed by atoms with van der Waals surface area (Å²) >= 11 is 0. The minimum absolute atomic E-state index is 0.133. The molecule has 0 saturated heterocycles. The van der Waals surface area contributed by atoms with E-state index in [-0.39, 0.29) is 6.42 Å². The number of ether oxygens (including phenoxy) is 1. The minimum Gasteiger partial charge on any atom is -0.496 e. The number of methoxy groups -OCH3 is 1. The van der Waals surface area contributed by atoms with Crippen LogP contribution in [0.15, 0.2) is 12.1 Å². The van der Waals surface area contributed by atoms with Crippen LogP contribution in [-0.4, -0.2) is 18.2 Å². The third kappa shape index (κ3) is 2.51. The number of carbonyl (C=O) groups is 1. The molecular weight excluding hydrogens is 206 g/mol. The second-order valence-electron chi connectivity index (χ2n) is 3.36. The molecule has 1 N–H and O–H groups in total. The number of hydrogen-bond donors (Lipinski definition) is 1. The van der Waals surface area contributed by atoms with Crippen LogP contribution in [0.1, 0.15) is 23.6 Å². The molecule has 0 fully saturated rings. The molecule has 0 aliphatic carbocycles. The van der Waals surface area contributed by atoms with Gasteiger partial charge in [-0.2, -0.15) is 5.26 Å². The Hall–Kier alpha value is -2.02. The molecule has 4 heteroatoms. The van der Waals surface area contributed by atoms with Crippen molar-refractivity contribution in [3.8, 4) is 11.8 Å². The molecule has 0 bridgehead atoms. The van der Waals surface area contributed by atoms with E-state index in [0.29, 0.717) is 23.3 Å². The summed E-state index contributed by atoms with van der Waals surface area (Å²) in [7, 11) is 1.51. The van der Waals surface area contributed by atoms with Crippen LogP contribution in [0, 0.1) is 11.3 Å². The Morgan fingerprint density at radius 1 is 1.50 bits per heavy atom. The first-order valence-corrected chi connectivity index (χ1v) is 4.94. The standard InChI is InChI=1S/C12H13NO3/c1-3-9-4-8(7-13)5-10(6-11(14)15)12(9)16-2/h4-5H,3,6H2,1-2H3,(H,14,15). The first-order chi connectivity index (χ1) is 7.62. The zero-order valence-electron chi connectivity index (χ0n) is 9.28. The van der Waals surface area contributed by atoms with Gasteiger partial charge in [-0.3, -0.25) is 4.79 Å². The zero-order valence-corrected chi connectivity index (χ0v) is 9.28. The average Bonchev–Trinajstić information content (AvgIpc) is 2.27. The topological polar surface area (TPSA) is 70.3 Å². The van der Waals surface area contributed by atoms with Crippen molar-refractivity contribution < 1.29 is 14.6 Å². The molecule has 84 valence electrons. The fourth-order valence-electron chi connectivity index (χ4n) is 1.64. The van der Waals surface area contributed by atoms with Gasteiger partial charge in [0.2, 0.25) is 0 Å². The minimum atomic E-state index is -0.935. The summed E-state index contributed by atoms with van der Waals surface area (Å²) in [6.45, 7) is 1.93. The predicted molar refractivity (Wildman–Crippen MR) is 58.4 cm³/mol. The third-order valence-corrected chi connectivity index (χ3v) is 2.30. The molecule has 0 saturated carbocycles. The van der Waals surface area contributed by atoms with Crippen LogP contribution in [0.4, 0.5) is 0 Å². The van der Waals surface area contributed by atoms with Gasteiger partial charge in [-0.25, -0.2) is 0 Å². The first kappa shape index (κ1) is 12.1. The molecule has 0 heterocycles. The summed E-state index contributed by atoms with van der Waals surface area (Å²) in [5.41, 5.74) is 1.87. The lowest BCUT2D eigenvalue weighted by Gasteiger charge is -2.12. The van der Waals surface area contributed by atoms with Crippen LogP contribution in [0.2, 0.25) is 0 Å². The van der Waals surface area contributed by atoms with Crippen LogP contribution >= 0.6 is 0 Å². The van der Waals surface area contributed by atoms with Gasteiger partial charge >= 0.3 is 5.97 Å². The highest BCUT2D eigenvalue weighted by Crippen LogP contribution is 2.26. The molecular formula is C12H13NO3. The van der Waals surface area contributed by atoms with Crippen molar-refractivity contribution in [2.24, 2.45) is 0 Å². The summed E-state index contributed by atoms with van der Waals surface area (Å²) in [5.74, 6) is -0.362. The van der Waals surface area contributed by atoms with Gasteiger partial charge < -0.3 is 9.84 Å². The summed E-state index contributed by atoms with van der Waals surface area (Å²) in [4.78, 5) is 10.7. The molecule has 1 rings (SSSR count). The number of benzene rings is 1. The average molecular weight is 219 g/mol. The summed E-state index contributed by atoms with van der Waals surface area (Å²) in [6.07, 6.45) is 0.566. The van der Waals surface area contributed by atoms with E-state index in [1.807, 2.05) is 13.0 Å². The van der Waals surface area contributed by atoms with Crippen LogP contribution in [0.3, 0.4) is 0 Å². The van der Waals surface area contributed by atoms with Gasteiger partial charge in [-0.15, -0.1) is 0 Å². The normalized spacial score (nSPS) is 9.56. The highest BCUT2D eigenvalue weighted by molar-refractivity contribution is 5.72. The summed E-state index contributed by atoms with van der Waals surface area (Å²) in [6, 6.07) is 5.31. The van der Waals surface area contributed by atoms with Crippen LogP contribution in [0.5, 0.6) is 5.75 Å². The fourth-order valence-corrected chi connectivity index (χ4v) is 1.64. The number of carboxylic acids is 1. The lowest BCUT2D eigenvalue weighted by Crippen LogP contribution is -2.05. The monoisotopic (exact) mass is 219 g/mol. The predicted octanol–water partition coefficient (Wildman–Crippen LogP) is 1.76. The molecule has 0 spiro atoms. The zero-order chi connectivity index (χ0) is 12.1. The van der Waals surface area contributed by atoms with Crippen molar-refractivity contribution in [1.82, 2.24) is 0 Å². The van der Waals surface area contributed by atoms with Crippen molar-refractivity contribution in [3.05, 3.63) is 28.8 Å². The Morgan fingerprint density at radius 3 is 2.56 bits per heavy atom. The van der Waals surface area contributed by atoms with Crippen LogP contribution < -0.4 is 4.74 Å². The molecule has 0 unspecified atom stereocenters. The van der Waals surface area contributed by atoms with E-state index < -0.39 is 5.97 Å². The second-order valence-corrected chi connectivity index (χ2v) is 3.36. The van der Waals surface area contributed by atoms with Gasteiger partial charge in [0.05, 0.1) is 25.2 Å². The highest BCUT2D eigenvalue weighted by Gasteiger charge is 2.13. The molecule has 0 atom stereocenters. The number of nitrogens with zero attached hydrogens (tertiary/aromatic N) is 1. The highest BCUT2D eigenvalue weighted by atomic mass is 16.5. The van der Waals surface area contributed by atoms with Crippen molar-refractivity contribution in [3.63, 3.8) is 0 Å². The summed E-state index contributed by atoms with van der Waals surface area (Å²) in [5, 5.41) is 17.6. The van der Waals surface area contributed by atoms with Crippen molar-refractivity contribution >= 4 is 5.97 Å². The van der Waals surface area contributed by atoms with E-state index in [1.54, 1.807) is 12.1 Å². The first-order valence-electron chi connectivity index (χ1n) is 4.94. The Balaban J connectivity index is 3.32. The SMILES string of the molecule is CCc1cc(C#N)cc(CC(=O)O)c1OC. The molecule has 16 heavy (non-hydrogen) atoms. The van der Waals surface area contributed by atoms with E-state index in [0.717, 1.165) is 5.56 Å². The Morgan fingerprint density at radius 2 is 2.12 bits per heavy atom. The molecule has 4 nitrogen and oxygen atoms in total. The van der Waals surface area contributed by atoms with Gasteiger partial charge in [0.25, 0.3) is 0 Å². The van der Waals surface area contributed by atoms with Gasteiger partial charge in [0.15, 0.2) is 0 Å². The van der Waals surface area contributed by atoms with Gasteiger partial charge in [-0.05, 0) is 24.1 Å². The lowest BCUT2D eigenvalue weighted by molar-refractivity contribution is -0.136. The van der Waals surface area contributed by atoms with E-state index in [4.69, 9.17) is 15.1 Å². The van der Waals surface area contributed by atoms with E-state index >= 15 is 0 Å². The second kappa shape index (κ2) is 5.17. The van der Waals surface area contributed by atoms with E-state index in [1.165, 1.54) is 7.11 Å². The largest absolute Gasteiger partial charge is 0.496 e. The Bertz CT molecular complexity index is 446. The summed E-state index contributed by atoms with van der Waals surface area (Å²) < 4.78 is 5.19.